The zero-order valence-corrected chi connectivity index (χ0v) is 16.0. The lowest BCUT2D eigenvalue weighted by atomic mass is 10.2. The second kappa shape index (κ2) is 8.64. The molecule has 0 radical (unpaired) electrons. The van der Waals surface area contributed by atoms with E-state index in [2.05, 4.69) is 25.6 Å². The number of carbonyl (C=O) groups excluding carboxylic acids is 1. The molecule has 1 amide bonds. The van der Waals surface area contributed by atoms with Gasteiger partial charge in [0.05, 0.1) is 23.0 Å². The molecule has 0 aliphatic rings. The minimum absolute atomic E-state index is 0.00637. The normalized spacial score (nSPS) is 11.2. The number of benzene rings is 2. The van der Waals surface area contributed by atoms with Crippen molar-refractivity contribution in [3.63, 3.8) is 0 Å². The van der Waals surface area contributed by atoms with E-state index in [1.807, 2.05) is 36.4 Å². The van der Waals surface area contributed by atoms with Crippen LogP contribution in [0.3, 0.4) is 0 Å². The maximum absolute atomic E-state index is 12.4. The van der Waals surface area contributed by atoms with Gasteiger partial charge in [0.15, 0.2) is 0 Å². The number of H-pyrrole nitrogens is 1. The number of para-hydroxylation sites is 2. The summed E-state index contributed by atoms with van der Waals surface area (Å²) in [7, 11) is 0. The van der Waals surface area contributed by atoms with Crippen molar-refractivity contribution in [3.8, 4) is 0 Å². The molecule has 29 heavy (non-hydrogen) atoms. The fraction of sp³-hybridized carbons (Fsp3) is 0.286. The summed E-state index contributed by atoms with van der Waals surface area (Å²) >= 11 is 0. The van der Waals surface area contributed by atoms with Gasteiger partial charge in [0, 0.05) is 13.0 Å². The zero-order chi connectivity index (χ0) is 20.1. The molecule has 0 spiro atoms. The van der Waals surface area contributed by atoms with Crippen LogP contribution in [0.5, 0.6) is 0 Å². The Morgan fingerprint density at radius 1 is 1.00 bits per heavy atom. The summed E-state index contributed by atoms with van der Waals surface area (Å²) in [6, 6.07) is 15.0. The number of carbonyl (C=O) groups is 1. The third-order valence-corrected chi connectivity index (χ3v) is 4.79. The van der Waals surface area contributed by atoms with E-state index in [-0.39, 0.29) is 11.5 Å². The minimum Gasteiger partial charge on any atom is -0.349 e. The van der Waals surface area contributed by atoms with Gasteiger partial charge in [-0.05, 0) is 37.1 Å². The van der Waals surface area contributed by atoms with E-state index in [1.54, 1.807) is 12.1 Å². The van der Waals surface area contributed by atoms with Gasteiger partial charge in [-0.2, -0.15) is 0 Å². The van der Waals surface area contributed by atoms with Crippen LogP contribution in [0.25, 0.3) is 21.9 Å². The minimum atomic E-state index is -0.126. The van der Waals surface area contributed by atoms with Crippen LogP contribution < -0.4 is 10.9 Å². The standard InChI is InChI=1S/C21H22N6O2/c28-20(22-14-19-23-17-10-5-6-11-18(17)24-19)12-2-1-7-13-27-21(29)15-8-3-4-9-16(15)25-26-27/h3-6,8-11H,1-2,7,12-14H2,(H,22,28)(H,23,24). The Hall–Kier alpha value is -3.55. The monoisotopic (exact) mass is 390 g/mol. The van der Waals surface area contributed by atoms with Gasteiger partial charge >= 0.3 is 0 Å². The van der Waals surface area contributed by atoms with Crippen LogP contribution in [-0.4, -0.2) is 30.9 Å². The van der Waals surface area contributed by atoms with Crippen molar-refractivity contribution in [3.05, 3.63) is 64.7 Å². The molecule has 2 aromatic carbocycles. The first kappa shape index (κ1) is 18.8. The highest BCUT2D eigenvalue weighted by Crippen LogP contribution is 2.10. The van der Waals surface area contributed by atoms with E-state index in [1.165, 1.54) is 4.68 Å². The number of hydrogen-bond acceptors (Lipinski definition) is 5. The molecule has 2 N–H and O–H groups in total. The third kappa shape index (κ3) is 4.48. The highest BCUT2D eigenvalue weighted by molar-refractivity contribution is 5.77. The molecule has 2 heterocycles. The highest BCUT2D eigenvalue weighted by Gasteiger charge is 2.07. The summed E-state index contributed by atoms with van der Waals surface area (Å²) < 4.78 is 1.39. The van der Waals surface area contributed by atoms with Gasteiger partial charge in [-0.3, -0.25) is 9.59 Å². The average Bonchev–Trinajstić information content (AvgIpc) is 3.17. The summed E-state index contributed by atoms with van der Waals surface area (Å²) in [5.74, 6) is 0.738. The number of rotatable bonds is 8. The summed E-state index contributed by atoms with van der Waals surface area (Å²) in [5.41, 5.74) is 2.33. The van der Waals surface area contributed by atoms with Crippen LogP contribution in [0.1, 0.15) is 31.5 Å². The van der Waals surface area contributed by atoms with Crippen molar-refractivity contribution in [1.29, 1.82) is 0 Å². The van der Waals surface area contributed by atoms with Crippen LogP contribution in [0.2, 0.25) is 0 Å². The first-order valence-corrected chi connectivity index (χ1v) is 9.73. The molecule has 0 aliphatic carbocycles. The first-order valence-electron chi connectivity index (χ1n) is 9.73. The molecule has 0 saturated heterocycles. The molecule has 8 heteroatoms. The molecule has 4 rings (SSSR count). The number of aromatic nitrogens is 5. The van der Waals surface area contributed by atoms with Crippen LogP contribution in [0, 0.1) is 0 Å². The number of imidazole rings is 1. The molecule has 0 unspecified atom stereocenters. The Balaban J connectivity index is 1.19. The zero-order valence-electron chi connectivity index (χ0n) is 16.0. The molecule has 148 valence electrons. The summed E-state index contributed by atoms with van der Waals surface area (Å²) in [4.78, 5) is 32.0. The summed E-state index contributed by atoms with van der Waals surface area (Å²) in [6.45, 7) is 0.882. The lowest BCUT2D eigenvalue weighted by Crippen LogP contribution is -2.24. The average molecular weight is 390 g/mol. The number of fused-ring (bicyclic) bond motifs is 2. The molecule has 0 bridgehead atoms. The van der Waals surface area contributed by atoms with Gasteiger partial charge in [-0.25, -0.2) is 9.67 Å². The number of amides is 1. The van der Waals surface area contributed by atoms with Gasteiger partial charge in [0.25, 0.3) is 5.56 Å². The third-order valence-electron chi connectivity index (χ3n) is 4.79. The van der Waals surface area contributed by atoms with Gasteiger partial charge in [-0.1, -0.05) is 35.9 Å². The molecule has 0 saturated carbocycles. The molecule has 4 aromatic rings. The van der Waals surface area contributed by atoms with Gasteiger partial charge in [0.2, 0.25) is 5.91 Å². The second-order valence-electron chi connectivity index (χ2n) is 6.92. The Morgan fingerprint density at radius 2 is 1.79 bits per heavy atom. The van der Waals surface area contributed by atoms with E-state index in [4.69, 9.17) is 0 Å². The maximum Gasteiger partial charge on any atom is 0.277 e. The first-order chi connectivity index (χ1) is 14.2. The van der Waals surface area contributed by atoms with Gasteiger partial charge < -0.3 is 10.3 Å². The van der Waals surface area contributed by atoms with E-state index in [0.717, 1.165) is 36.1 Å². The molecular formula is C21H22N6O2. The molecular weight excluding hydrogens is 368 g/mol. The number of unbranched alkanes of at least 4 members (excludes halogenated alkanes) is 2. The van der Waals surface area contributed by atoms with Crippen molar-refractivity contribution >= 4 is 27.8 Å². The fourth-order valence-electron chi connectivity index (χ4n) is 3.25. The topological polar surface area (TPSA) is 106 Å². The Bertz CT molecular complexity index is 1160. The van der Waals surface area contributed by atoms with Crippen LogP contribution >= 0.6 is 0 Å². The lowest BCUT2D eigenvalue weighted by Gasteiger charge is -2.05. The Labute approximate surface area is 167 Å². The fourth-order valence-corrected chi connectivity index (χ4v) is 3.25. The molecule has 0 fully saturated rings. The van der Waals surface area contributed by atoms with Crippen molar-refractivity contribution in [2.24, 2.45) is 0 Å². The van der Waals surface area contributed by atoms with Crippen molar-refractivity contribution in [2.45, 2.75) is 38.8 Å². The van der Waals surface area contributed by atoms with Gasteiger partial charge in [-0.15, -0.1) is 5.10 Å². The molecule has 0 atom stereocenters. The highest BCUT2D eigenvalue weighted by atomic mass is 16.1. The van der Waals surface area contributed by atoms with Gasteiger partial charge in [0.1, 0.15) is 11.3 Å². The predicted molar refractivity (Wildman–Crippen MR) is 110 cm³/mol. The smallest absolute Gasteiger partial charge is 0.277 e. The lowest BCUT2D eigenvalue weighted by molar-refractivity contribution is -0.121. The quantitative estimate of drug-likeness (QED) is 0.450. The number of aromatic amines is 1. The van der Waals surface area contributed by atoms with Crippen molar-refractivity contribution < 1.29 is 4.79 Å². The number of nitrogens with one attached hydrogen (secondary N) is 2. The SMILES string of the molecule is O=C(CCCCCn1nnc2ccccc2c1=O)NCc1nc2ccccc2[nH]1. The largest absolute Gasteiger partial charge is 0.349 e. The van der Waals surface area contributed by atoms with Crippen LogP contribution in [-0.2, 0) is 17.9 Å². The Kier molecular flexibility index (Phi) is 5.60. The summed E-state index contributed by atoms with van der Waals surface area (Å²) in [5, 5.41) is 11.5. The van der Waals surface area contributed by atoms with E-state index < -0.39 is 0 Å². The summed E-state index contributed by atoms with van der Waals surface area (Å²) in [6.07, 6.45) is 2.79. The number of aryl methyl sites for hydroxylation is 1. The van der Waals surface area contributed by atoms with Crippen molar-refractivity contribution in [2.75, 3.05) is 0 Å². The Morgan fingerprint density at radius 3 is 2.66 bits per heavy atom. The molecule has 0 aliphatic heterocycles. The second-order valence-corrected chi connectivity index (χ2v) is 6.92. The predicted octanol–water partition coefficient (Wildman–Crippen LogP) is 2.54. The number of hydrogen-bond donors (Lipinski definition) is 2. The number of nitrogens with zero attached hydrogens (tertiary/aromatic N) is 4. The van der Waals surface area contributed by atoms with E-state index >= 15 is 0 Å². The van der Waals surface area contributed by atoms with E-state index in [9.17, 15) is 9.59 Å². The van der Waals surface area contributed by atoms with Crippen LogP contribution in [0.15, 0.2) is 53.3 Å². The molecule has 2 aromatic heterocycles. The van der Waals surface area contributed by atoms with Crippen LogP contribution in [0.4, 0.5) is 0 Å². The molecule has 8 nitrogen and oxygen atoms in total. The maximum atomic E-state index is 12.4. The van der Waals surface area contributed by atoms with Crippen molar-refractivity contribution in [1.82, 2.24) is 30.3 Å². The van der Waals surface area contributed by atoms with E-state index in [0.29, 0.717) is 30.4 Å².